The minimum Gasteiger partial charge on any atom is -0.508 e. The normalized spacial score (nSPS) is 8.10. The molecule has 1 aromatic carbocycles. The molecule has 56 valence electrons. The summed E-state index contributed by atoms with van der Waals surface area (Å²) in [4.78, 5) is 0. The van der Waals surface area contributed by atoms with Gasteiger partial charge in [0.2, 0.25) is 0 Å². The SMILES string of the molecule is COc1cccc(O)c1.O. The second-order valence-corrected chi connectivity index (χ2v) is 1.70. The number of phenols is 1. The van der Waals surface area contributed by atoms with Crippen molar-refractivity contribution >= 4 is 0 Å². The van der Waals surface area contributed by atoms with Crippen LogP contribution in [0.15, 0.2) is 24.3 Å². The van der Waals surface area contributed by atoms with Crippen LogP contribution in [0.2, 0.25) is 0 Å². The third-order valence-corrected chi connectivity index (χ3v) is 1.05. The van der Waals surface area contributed by atoms with Crippen LogP contribution in [0.25, 0.3) is 0 Å². The molecule has 10 heavy (non-hydrogen) atoms. The quantitative estimate of drug-likeness (QED) is 0.623. The summed E-state index contributed by atoms with van der Waals surface area (Å²) in [6.45, 7) is 0. The monoisotopic (exact) mass is 142 g/mol. The molecule has 0 saturated heterocycles. The highest BCUT2D eigenvalue weighted by Gasteiger charge is 1.88. The predicted octanol–water partition coefficient (Wildman–Crippen LogP) is 0.576. The van der Waals surface area contributed by atoms with Crippen molar-refractivity contribution in [2.24, 2.45) is 0 Å². The fraction of sp³-hybridized carbons (Fsp3) is 0.143. The van der Waals surface area contributed by atoms with Crippen LogP contribution in [-0.2, 0) is 0 Å². The molecule has 0 atom stereocenters. The second-order valence-electron chi connectivity index (χ2n) is 1.70. The Balaban J connectivity index is 0.000000810. The van der Waals surface area contributed by atoms with Gasteiger partial charge in [-0.05, 0) is 12.1 Å². The van der Waals surface area contributed by atoms with Crippen molar-refractivity contribution in [1.29, 1.82) is 0 Å². The fourth-order valence-electron chi connectivity index (χ4n) is 0.610. The van der Waals surface area contributed by atoms with Gasteiger partial charge in [-0.25, -0.2) is 0 Å². The second kappa shape index (κ2) is 3.74. The maximum atomic E-state index is 8.86. The Morgan fingerprint density at radius 1 is 1.40 bits per heavy atom. The maximum Gasteiger partial charge on any atom is 0.122 e. The van der Waals surface area contributed by atoms with Gasteiger partial charge in [0.1, 0.15) is 11.5 Å². The van der Waals surface area contributed by atoms with Crippen LogP contribution in [-0.4, -0.2) is 17.7 Å². The van der Waals surface area contributed by atoms with E-state index in [-0.39, 0.29) is 11.2 Å². The Morgan fingerprint density at radius 2 is 2.10 bits per heavy atom. The third-order valence-electron chi connectivity index (χ3n) is 1.05. The Kier molecular flexibility index (Phi) is 3.28. The minimum absolute atomic E-state index is 0. The van der Waals surface area contributed by atoms with Crippen LogP contribution in [0.4, 0.5) is 0 Å². The van der Waals surface area contributed by atoms with E-state index in [9.17, 15) is 0 Å². The van der Waals surface area contributed by atoms with Crippen molar-refractivity contribution < 1.29 is 15.3 Å². The molecule has 0 spiro atoms. The molecule has 3 heteroatoms. The molecule has 0 aromatic heterocycles. The number of aromatic hydroxyl groups is 1. The molecule has 0 saturated carbocycles. The molecule has 3 N–H and O–H groups in total. The summed E-state index contributed by atoms with van der Waals surface area (Å²) in [6, 6.07) is 6.66. The van der Waals surface area contributed by atoms with Gasteiger partial charge in [-0.15, -0.1) is 0 Å². The van der Waals surface area contributed by atoms with Crippen LogP contribution >= 0.6 is 0 Å². The van der Waals surface area contributed by atoms with E-state index >= 15 is 0 Å². The van der Waals surface area contributed by atoms with Crippen molar-refractivity contribution in [3.05, 3.63) is 24.3 Å². The molecule has 1 aromatic rings. The molecule has 0 radical (unpaired) electrons. The van der Waals surface area contributed by atoms with E-state index in [1.54, 1.807) is 31.4 Å². The Bertz CT molecular complexity index is 198. The van der Waals surface area contributed by atoms with E-state index in [4.69, 9.17) is 9.84 Å². The van der Waals surface area contributed by atoms with Crippen LogP contribution in [0.1, 0.15) is 0 Å². The van der Waals surface area contributed by atoms with Gasteiger partial charge >= 0.3 is 0 Å². The Labute approximate surface area is 59.2 Å². The van der Waals surface area contributed by atoms with E-state index in [0.717, 1.165) is 0 Å². The Morgan fingerprint density at radius 3 is 2.50 bits per heavy atom. The van der Waals surface area contributed by atoms with E-state index in [1.165, 1.54) is 0 Å². The molecule has 0 heterocycles. The number of benzene rings is 1. The maximum absolute atomic E-state index is 8.86. The first-order valence-corrected chi connectivity index (χ1v) is 2.66. The van der Waals surface area contributed by atoms with Crippen molar-refractivity contribution in [2.45, 2.75) is 0 Å². The highest BCUT2D eigenvalue weighted by atomic mass is 16.5. The molecule has 0 amide bonds. The van der Waals surface area contributed by atoms with Gasteiger partial charge in [0.25, 0.3) is 0 Å². The fourth-order valence-corrected chi connectivity index (χ4v) is 0.610. The molecular formula is C7H10O3. The van der Waals surface area contributed by atoms with Crippen molar-refractivity contribution in [1.82, 2.24) is 0 Å². The molecular weight excluding hydrogens is 132 g/mol. The van der Waals surface area contributed by atoms with Gasteiger partial charge in [-0.2, -0.15) is 0 Å². The van der Waals surface area contributed by atoms with Gasteiger partial charge in [-0.3, -0.25) is 0 Å². The molecule has 0 unspecified atom stereocenters. The van der Waals surface area contributed by atoms with Gasteiger partial charge in [0, 0.05) is 6.07 Å². The topological polar surface area (TPSA) is 61.0 Å². The van der Waals surface area contributed by atoms with E-state index in [1.807, 2.05) is 0 Å². The van der Waals surface area contributed by atoms with Crippen molar-refractivity contribution in [3.8, 4) is 11.5 Å². The number of rotatable bonds is 1. The zero-order chi connectivity index (χ0) is 6.69. The number of ether oxygens (including phenoxy) is 1. The van der Waals surface area contributed by atoms with Crippen molar-refractivity contribution in [2.75, 3.05) is 7.11 Å². The first-order valence-electron chi connectivity index (χ1n) is 2.66. The van der Waals surface area contributed by atoms with Crippen LogP contribution in [0.5, 0.6) is 11.5 Å². The number of hydrogen-bond donors (Lipinski definition) is 1. The van der Waals surface area contributed by atoms with Gasteiger partial charge in [0.05, 0.1) is 7.11 Å². The van der Waals surface area contributed by atoms with Crippen LogP contribution < -0.4 is 4.74 Å². The molecule has 0 fully saturated rings. The first kappa shape index (κ1) is 8.78. The molecule has 0 aliphatic heterocycles. The zero-order valence-electron chi connectivity index (χ0n) is 5.66. The Hall–Kier alpha value is -1.22. The zero-order valence-corrected chi connectivity index (χ0v) is 5.66. The van der Waals surface area contributed by atoms with Crippen LogP contribution in [0.3, 0.4) is 0 Å². The third kappa shape index (κ3) is 1.95. The number of methoxy groups -OCH3 is 1. The van der Waals surface area contributed by atoms with Crippen LogP contribution in [0, 0.1) is 0 Å². The highest BCUT2D eigenvalue weighted by molar-refractivity contribution is 5.31. The first-order chi connectivity index (χ1) is 4.33. The van der Waals surface area contributed by atoms with E-state index in [0.29, 0.717) is 5.75 Å². The lowest BCUT2D eigenvalue weighted by Gasteiger charge is -1.97. The summed E-state index contributed by atoms with van der Waals surface area (Å²) >= 11 is 0. The predicted molar refractivity (Wildman–Crippen MR) is 38.3 cm³/mol. The summed E-state index contributed by atoms with van der Waals surface area (Å²) in [6.07, 6.45) is 0. The number of hydrogen-bond acceptors (Lipinski definition) is 2. The van der Waals surface area contributed by atoms with Gasteiger partial charge < -0.3 is 15.3 Å². The summed E-state index contributed by atoms with van der Waals surface area (Å²) in [5.41, 5.74) is 0. The highest BCUT2D eigenvalue weighted by Crippen LogP contribution is 2.16. The molecule has 1 rings (SSSR count). The minimum atomic E-state index is 0. The summed E-state index contributed by atoms with van der Waals surface area (Å²) in [5.74, 6) is 0.907. The lowest BCUT2D eigenvalue weighted by Crippen LogP contribution is -1.79. The molecule has 0 aliphatic rings. The summed E-state index contributed by atoms with van der Waals surface area (Å²) in [7, 11) is 1.56. The summed E-state index contributed by atoms with van der Waals surface area (Å²) in [5, 5.41) is 8.86. The molecule has 0 bridgehead atoms. The van der Waals surface area contributed by atoms with Crippen molar-refractivity contribution in [3.63, 3.8) is 0 Å². The number of phenolic OH excluding ortho intramolecular Hbond substituents is 1. The smallest absolute Gasteiger partial charge is 0.122 e. The lowest BCUT2D eigenvalue weighted by atomic mass is 10.3. The summed E-state index contributed by atoms with van der Waals surface area (Å²) < 4.78 is 4.84. The van der Waals surface area contributed by atoms with E-state index in [2.05, 4.69) is 0 Å². The standard InChI is InChI=1S/C7H8O2.H2O/c1-9-7-4-2-3-6(8)5-7;/h2-5,8H,1H3;1H2. The lowest BCUT2D eigenvalue weighted by molar-refractivity contribution is 0.407. The van der Waals surface area contributed by atoms with E-state index < -0.39 is 0 Å². The van der Waals surface area contributed by atoms with Gasteiger partial charge in [-0.1, -0.05) is 6.07 Å². The average molecular weight is 142 g/mol. The largest absolute Gasteiger partial charge is 0.508 e. The molecule has 3 nitrogen and oxygen atoms in total. The average Bonchev–Trinajstić information content (AvgIpc) is 1.88. The van der Waals surface area contributed by atoms with Gasteiger partial charge in [0.15, 0.2) is 0 Å². The molecule has 0 aliphatic carbocycles.